The zero-order valence-corrected chi connectivity index (χ0v) is 12.3. The van der Waals surface area contributed by atoms with Crippen molar-refractivity contribution in [1.29, 1.82) is 0 Å². The van der Waals surface area contributed by atoms with Gasteiger partial charge in [-0.05, 0) is 25.2 Å². The van der Waals surface area contributed by atoms with Crippen molar-refractivity contribution in [3.63, 3.8) is 0 Å². The fraction of sp³-hybridized carbons (Fsp3) is 0.353. The SMILES string of the molecule is [CH-]=C(OCCOC1=c2cccc(O)c2=CCC1)C(C)(F)C=O. The Morgan fingerprint density at radius 3 is 3.00 bits per heavy atom. The Kier molecular flexibility index (Phi) is 4.85. The van der Waals surface area contributed by atoms with Crippen LogP contribution in [0.1, 0.15) is 19.8 Å². The van der Waals surface area contributed by atoms with E-state index in [2.05, 4.69) is 0 Å². The number of hydrogen-bond acceptors (Lipinski definition) is 4. The van der Waals surface area contributed by atoms with Crippen molar-refractivity contribution in [2.45, 2.75) is 25.4 Å². The molecule has 5 heteroatoms. The Hall–Kier alpha value is -2.30. The number of aldehydes is 1. The molecular formula is C17H18FO4-. The third-order valence-corrected chi connectivity index (χ3v) is 3.42. The quantitative estimate of drug-likeness (QED) is 0.358. The topological polar surface area (TPSA) is 55.8 Å². The average Bonchev–Trinajstić information content (AvgIpc) is 2.52. The Bertz CT molecular complexity index is 691. The molecule has 0 spiro atoms. The summed E-state index contributed by atoms with van der Waals surface area (Å²) < 4.78 is 24.1. The minimum Gasteiger partial charge on any atom is -0.528 e. The molecule has 0 heterocycles. The van der Waals surface area contributed by atoms with Crippen molar-refractivity contribution < 1.29 is 23.8 Å². The molecule has 1 aromatic carbocycles. The summed E-state index contributed by atoms with van der Waals surface area (Å²) in [6.45, 7) is 6.59. The third kappa shape index (κ3) is 3.47. The number of hydrogen-bond donors (Lipinski definition) is 1. The van der Waals surface area contributed by atoms with Gasteiger partial charge in [0.25, 0.3) is 0 Å². The maximum atomic E-state index is 13.5. The van der Waals surface area contributed by atoms with Crippen LogP contribution in [0.25, 0.3) is 11.8 Å². The predicted octanol–water partition coefficient (Wildman–Crippen LogP) is 1.35. The summed E-state index contributed by atoms with van der Waals surface area (Å²) in [5, 5.41) is 11.4. The molecule has 118 valence electrons. The minimum atomic E-state index is -2.30. The molecule has 1 aliphatic carbocycles. The predicted molar refractivity (Wildman–Crippen MR) is 79.8 cm³/mol. The number of alkyl halides is 1. The standard InChI is InChI=1S/C17H18FO4/c1-12(17(2,18)11-19)21-9-10-22-16-8-4-5-13-14(16)6-3-7-15(13)20/h1,3,5-7,11,20H,4,8-10H2,2H3/q-1. The number of fused-ring (bicyclic) bond motifs is 1. The lowest BCUT2D eigenvalue weighted by Crippen LogP contribution is -2.31. The second-order valence-electron chi connectivity index (χ2n) is 5.16. The van der Waals surface area contributed by atoms with Crippen LogP contribution in [0.5, 0.6) is 5.75 Å². The molecule has 0 saturated heterocycles. The van der Waals surface area contributed by atoms with Gasteiger partial charge in [0, 0.05) is 16.9 Å². The maximum Gasteiger partial charge on any atom is 0.185 e. The number of ether oxygens (including phenoxy) is 2. The summed E-state index contributed by atoms with van der Waals surface area (Å²) in [7, 11) is 0. The summed E-state index contributed by atoms with van der Waals surface area (Å²) >= 11 is 0. The fourth-order valence-electron chi connectivity index (χ4n) is 2.16. The van der Waals surface area contributed by atoms with Crippen molar-refractivity contribution in [2.75, 3.05) is 13.2 Å². The summed E-state index contributed by atoms with van der Waals surface area (Å²) in [4.78, 5) is 10.5. The lowest BCUT2D eigenvalue weighted by molar-refractivity contribution is -0.117. The highest BCUT2D eigenvalue weighted by Crippen LogP contribution is 2.18. The van der Waals surface area contributed by atoms with E-state index in [1.165, 1.54) is 0 Å². The average molecular weight is 305 g/mol. The normalized spacial score (nSPS) is 16.0. The van der Waals surface area contributed by atoms with Gasteiger partial charge in [-0.15, -0.1) is 0 Å². The van der Waals surface area contributed by atoms with Gasteiger partial charge < -0.3 is 21.2 Å². The van der Waals surface area contributed by atoms with E-state index in [1.807, 2.05) is 12.1 Å². The number of phenols is 1. The van der Waals surface area contributed by atoms with E-state index in [1.54, 1.807) is 12.1 Å². The molecule has 1 unspecified atom stereocenters. The highest BCUT2D eigenvalue weighted by atomic mass is 19.1. The Labute approximate surface area is 128 Å². The van der Waals surface area contributed by atoms with Gasteiger partial charge in [-0.2, -0.15) is 0 Å². The van der Waals surface area contributed by atoms with Crippen LogP contribution in [-0.2, 0) is 14.3 Å². The molecule has 1 aromatic rings. The van der Waals surface area contributed by atoms with E-state index in [9.17, 15) is 14.3 Å². The largest absolute Gasteiger partial charge is 0.528 e. The first-order chi connectivity index (χ1) is 10.5. The lowest BCUT2D eigenvalue weighted by Gasteiger charge is -2.24. The Balaban J connectivity index is 1.98. The molecule has 0 radical (unpaired) electrons. The Morgan fingerprint density at radius 1 is 1.50 bits per heavy atom. The number of allylic oxidation sites excluding steroid dienone is 1. The van der Waals surface area contributed by atoms with Crippen LogP contribution in [0.15, 0.2) is 24.0 Å². The number of benzene rings is 1. The van der Waals surface area contributed by atoms with Crippen molar-refractivity contribution in [3.05, 3.63) is 41.0 Å². The lowest BCUT2D eigenvalue weighted by atomic mass is 10.1. The van der Waals surface area contributed by atoms with Gasteiger partial charge in [0.1, 0.15) is 24.7 Å². The molecule has 0 bridgehead atoms. The van der Waals surface area contributed by atoms with E-state index >= 15 is 0 Å². The number of phenolic OH excluding ortho intramolecular Hbond substituents is 1. The molecule has 0 fully saturated rings. The summed E-state index contributed by atoms with van der Waals surface area (Å²) in [6.07, 6.45) is 3.53. The second kappa shape index (κ2) is 6.64. The van der Waals surface area contributed by atoms with Gasteiger partial charge in [0.2, 0.25) is 0 Å². The van der Waals surface area contributed by atoms with E-state index in [0.717, 1.165) is 29.5 Å². The minimum absolute atomic E-state index is 0.0283. The highest BCUT2D eigenvalue weighted by Gasteiger charge is 2.22. The van der Waals surface area contributed by atoms with Crippen molar-refractivity contribution in [1.82, 2.24) is 0 Å². The molecular weight excluding hydrogens is 287 g/mol. The van der Waals surface area contributed by atoms with Gasteiger partial charge in [0.15, 0.2) is 12.0 Å². The molecule has 2 rings (SSSR count). The van der Waals surface area contributed by atoms with Crippen molar-refractivity contribution >= 4 is 18.1 Å². The van der Waals surface area contributed by atoms with Crippen LogP contribution in [0.2, 0.25) is 0 Å². The molecule has 0 aromatic heterocycles. The number of halogens is 1. The smallest absolute Gasteiger partial charge is 0.185 e. The Morgan fingerprint density at radius 2 is 2.27 bits per heavy atom. The van der Waals surface area contributed by atoms with Gasteiger partial charge in [-0.1, -0.05) is 18.2 Å². The van der Waals surface area contributed by atoms with Crippen LogP contribution in [0.3, 0.4) is 0 Å². The number of aromatic hydroxyl groups is 1. The van der Waals surface area contributed by atoms with Crippen LogP contribution in [-0.4, -0.2) is 30.3 Å². The van der Waals surface area contributed by atoms with Crippen molar-refractivity contribution in [2.24, 2.45) is 0 Å². The van der Waals surface area contributed by atoms with Crippen LogP contribution >= 0.6 is 0 Å². The van der Waals surface area contributed by atoms with E-state index < -0.39 is 11.4 Å². The van der Waals surface area contributed by atoms with Gasteiger partial charge in [-0.3, -0.25) is 4.79 Å². The zero-order chi connectivity index (χ0) is 16.2. The van der Waals surface area contributed by atoms with Crippen LogP contribution in [0.4, 0.5) is 4.39 Å². The zero-order valence-electron chi connectivity index (χ0n) is 12.3. The first-order valence-electron chi connectivity index (χ1n) is 7.01. The summed E-state index contributed by atoms with van der Waals surface area (Å²) in [5.74, 6) is 0.478. The van der Waals surface area contributed by atoms with Gasteiger partial charge in [0.05, 0.1) is 0 Å². The number of rotatable bonds is 7. The van der Waals surface area contributed by atoms with E-state index in [4.69, 9.17) is 16.1 Å². The summed E-state index contributed by atoms with van der Waals surface area (Å²) in [5.41, 5.74) is -2.30. The molecule has 4 nitrogen and oxygen atoms in total. The van der Waals surface area contributed by atoms with Crippen LogP contribution < -0.4 is 10.4 Å². The molecule has 1 aliphatic rings. The first kappa shape index (κ1) is 16.1. The number of carbonyl (C=O) groups is 1. The molecule has 22 heavy (non-hydrogen) atoms. The number of carbonyl (C=O) groups excluding carboxylic acids is 1. The van der Waals surface area contributed by atoms with Gasteiger partial charge in [-0.25, -0.2) is 4.39 Å². The molecule has 1 atom stereocenters. The van der Waals surface area contributed by atoms with E-state index in [-0.39, 0.29) is 25.2 Å². The van der Waals surface area contributed by atoms with Gasteiger partial charge >= 0.3 is 0 Å². The second-order valence-corrected chi connectivity index (χ2v) is 5.16. The third-order valence-electron chi connectivity index (χ3n) is 3.42. The van der Waals surface area contributed by atoms with Crippen LogP contribution in [0, 0.1) is 6.58 Å². The molecule has 0 amide bonds. The highest BCUT2D eigenvalue weighted by molar-refractivity contribution is 5.66. The molecule has 0 saturated carbocycles. The molecule has 0 aliphatic heterocycles. The maximum absolute atomic E-state index is 13.5. The molecule has 1 N–H and O–H groups in total. The van der Waals surface area contributed by atoms with E-state index in [0.29, 0.717) is 6.42 Å². The summed E-state index contributed by atoms with van der Waals surface area (Å²) in [6, 6.07) is 5.24. The van der Waals surface area contributed by atoms with Crippen molar-refractivity contribution in [3.8, 4) is 5.75 Å². The monoisotopic (exact) mass is 305 g/mol. The first-order valence-corrected chi connectivity index (χ1v) is 7.01. The fourth-order valence-corrected chi connectivity index (χ4v) is 2.16.